The van der Waals surface area contributed by atoms with Gasteiger partial charge < -0.3 is 5.11 Å². The minimum Gasteiger partial charge on any atom is -0.478 e. The Morgan fingerprint density at radius 2 is 2.20 bits per heavy atom. The highest BCUT2D eigenvalue weighted by molar-refractivity contribution is 5.85. The average Bonchev–Trinajstić information content (AvgIpc) is 3.20. The SMILES string of the molecule is CC(C)N(Cc1cccc(C=CC(=O)O)c1)CC1CC1. The van der Waals surface area contributed by atoms with E-state index in [0.717, 1.165) is 18.0 Å². The highest BCUT2D eigenvalue weighted by Gasteiger charge is 2.25. The summed E-state index contributed by atoms with van der Waals surface area (Å²) >= 11 is 0. The van der Waals surface area contributed by atoms with Gasteiger partial charge >= 0.3 is 5.97 Å². The summed E-state index contributed by atoms with van der Waals surface area (Å²) in [7, 11) is 0. The van der Waals surface area contributed by atoms with E-state index < -0.39 is 5.97 Å². The molecule has 1 aromatic rings. The number of carbonyl (C=O) groups is 1. The smallest absolute Gasteiger partial charge is 0.328 e. The molecule has 0 atom stereocenters. The van der Waals surface area contributed by atoms with Crippen LogP contribution in [0.4, 0.5) is 0 Å². The van der Waals surface area contributed by atoms with Crippen molar-refractivity contribution in [3.05, 3.63) is 41.5 Å². The van der Waals surface area contributed by atoms with E-state index in [1.807, 2.05) is 12.1 Å². The molecule has 0 saturated heterocycles. The molecule has 1 N–H and O–H groups in total. The highest BCUT2D eigenvalue weighted by Crippen LogP contribution is 2.30. The zero-order valence-corrected chi connectivity index (χ0v) is 12.2. The predicted molar refractivity (Wildman–Crippen MR) is 81.4 cm³/mol. The van der Waals surface area contributed by atoms with Crippen molar-refractivity contribution >= 4 is 12.0 Å². The lowest BCUT2D eigenvalue weighted by atomic mass is 10.1. The van der Waals surface area contributed by atoms with E-state index in [-0.39, 0.29) is 0 Å². The molecule has 20 heavy (non-hydrogen) atoms. The largest absolute Gasteiger partial charge is 0.478 e. The van der Waals surface area contributed by atoms with Gasteiger partial charge in [0.25, 0.3) is 0 Å². The van der Waals surface area contributed by atoms with E-state index in [0.29, 0.717) is 6.04 Å². The number of carboxylic acid groups (broad SMARTS) is 1. The molecular weight excluding hydrogens is 250 g/mol. The fourth-order valence-corrected chi connectivity index (χ4v) is 2.29. The quantitative estimate of drug-likeness (QED) is 0.774. The Morgan fingerprint density at radius 1 is 1.45 bits per heavy atom. The standard InChI is InChI=1S/C17H23NO2/c1-13(2)18(11-15-6-7-15)12-16-5-3-4-14(10-16)8-9-17(19)20/h3-5,8-10,13,15H,6-7,11-12H2,1-2H3,(H,19,20). The second-order valence-electron chi connectivity index (χ2n) is 5.88. The molecule has 0 amide bonds. The summed E-state index contributed by atoms with van der Waals surface area (Å²) in [6.07, 6.45) is 5.56. The normalized spacial score (nSPS) is 15.4. The Morgan fingerprint density at radius 3 is 2.80 bits per heavy atom. The molecule has 0 unspecified atom stereocenters. The Bertz CT molecular complexity index is 490. The molecule has 108 valence electrons. The summed E-state index contributed by atoms with van der Waals surface area (Å²) < 4.78 is 0. The van der Waals surface area contributed by atoms with Gasteiger partial charge in [-0.3, -0.25) is 4.90 Å². The zero-order valence-electron chi connectivity index (χ0n) is 12.2. The molecule has 1 aliphatic carbocycles. The van der Waals surface area contributed by atoms with Crippen LogP contribution in [-0.4, -0.2) is 28.6 Å². The van der Waals surface area contributed by atoms with Crippen LogP contribution >= 0.6 is 0 Å². The average molecular weight is 273 g/mol. The maximum absolute atomic E-state index is 10.6. The second kappa shape index (κ2) is 6.71. The Kier molecular flexibility index (Phi) is 4.96. The number of nitrogens with zero attached hydrogens (tertiary/aromatic N) is 1. The van der Waals surface area contributed by atoms with E-state index in [1.165, 1.54) is 31.0 Å². The number of benzene rings is 1. The van der Waals surface area contributed by atoms with Gasteiger partial charge in [-0.15, -0.1) is 0 Å². The van der Waals surface area contributed by atoms with Crippen molar-refractivity contribution in [1.29, 1.82) is 0 Å². The molecule has 3 heteroatoms. The molecule has 1 fully saturated rings. The Labute approximate surface area is 120 Å². The van der Waals surface area contributed by atoms with Crippen LogP contribution in [0.15, 0.2) is 30.3 Å². The van der Waals surface area contributed by atoms with Crippen molar-refractivity contribution in [2.24, 2.45) is 5.92 Å². The molecule has 0 aliphatic heterocycles. The molecule has 0 bridgehead atoms. The van der Waals surface area contributed by atoms with Crippen LogP contribution in [-0.2, 0) is 11.3 Å². The minimum absolute atomic E-state index is 0.536. The monoisotopic (exact) mass is 273 g/mol. The van der Waals surface area contributed by atoms with Crippen LogP contribution in [0.25, 0.3) is 6.08 Å². The van der Waals surface area contributed by atoms with E-state index in [9.17, 15) is 4.79 Å². The maximum atomic E-state index is 10.6. The first-order valence-corrected chi connectivity index (χ1v) is 7.28. The molecule has 0 radical (unpaired) electrons. The first-order valence-electron chi connectivity index (χ1n) is 7.28. The maximum Gasteiger partial charge on any atom is 0.328 e. The van der Waals surface area contributed by atoms with Gasteiger partial charge in [0, 0.05) is 25.2 Å². The van der Waals surface area contributed by atoms with Crippen molar-refractivity contribution < 1.29 is 9.90 Å². The van der Waals surface area contributed by atoms with Gasteiger partial charge in [-0.2, -0.15) is 0 Å². The first kappa shape index (κ1) is 14.8. The summed E-state index contributed by atoms with van der Waals surface area (Å²) in [6, 6.07) is 8.65. The molecule has 2 rings (SSSR count). The zero-order chi connectivity index (χ0) is 14.5. The molecule has 3 nitrogen and oxygen atoms in total. The third-order valence-corrected chi connectivity index (χ3v) is 3.67. The first-order chi connectivity index (χ1) is 9.54. The molecule has 0 aromatic heterocycles. The van der Waals surface area contributed by atoms with Gasteiger partial charge in [-0.1, -0.05) is 24.3 Å². The number of rotatable bonds is 7. The van der Waals surface area contributed by atoms with Crippen LogP contribution in [0.5, 0.6) is 0 Å². The van der Waals surface area contributed by atoms with E-state index in [1.54, 1.807) is 6.08 Å². The predicted octanol–water partition coefficient (Wildman–Crippen LogP) is 3.40. The van der Waals surface area contributed by atoms with Crippen LogP contribution in [0.3, 0.4) is 0 Å². The molecule has 0 heterocycles. The molecule has 1 aliphatic rings. The van der Waals surface area contributed by atoms with Gasteiger partial charge in [0.2, 0.25) is 0 Å². The lowest BCUT2D eigenvalue weighted by Gasteiger charge is -2.26. The Balaban J connectivity index is 2.03. The van der Waals surface area contributed by atoms with Crippen LogP contribution < -0.4 is 0 Å². The fraction of sp³-hybridized carbons (Fsp3) is 0.471. The van der Waals surface area contributed by atoms with Crippen LogP contribution in [0.1, 0.15) is 37.8 Å². The van der Waals surface area contributed by atoms with Gasteiger partial charge in [0.05, 0.1) is 0 Å². The third kappa shape index (κ3) is 4.82. The van der Waals surface area contributed by atoms with Gasteiger partial charge in [0.15, 0.2) is 0 Å². The van der Waals surface area contributed by atoms with E-state index >= 15 is 0 Å². The van der Waals surface area contributed by atoms with Crippen LogP contribution in [0.2, 0.25) is 0 Å². The van der Waals surface area contributed by atoms with E-state index in [4.69, 9.17) is 5.11 Å². The Hall–Kier alpha value is -1.61. The minimum atomic E-state index is -0.909. The molecular formula is C17H23NO2. The number of carboxylic acids is 1. The van der Waals surface area contributed by atoms with Crippen molar-refractivity contribution in [2.75, 3.05) is 6.54 Å². The van der Waals surface area contributed by atoms with Gasteiger partial charge in [-0.05, 0) is 49.8 Å². The summed E-state index contributed by atoms with van der Waals surface area (Å²) in [4.78, 5) is 13.1. The number of aliphatic carboxylic acids is 1. The van der Waals surface area contributed by atoms with Gasteiger partial charge in [0.1, 0.15) is 0 Å². The van der Waals surface area contributed by atoms with Crippen molar-refractivity contribution in [3.8, 4) is 0 Å². The molecule has 0 spiro atoms. The van der Waals surface area contributed by atoms with E-state index in [2.05, 4.69) is 30.9 Å². The van der Waals surface area contributed by atoms with Crippen molar-refractivity contribution in [2.45, 2.75) is 39.3 Å². The number of hydrogen-bond donors (Lipinski definition) is 1. The summed E-state index contributed by atoms with van der Waals surface area (Å²) in [6.45, 7) is 6.57. The second-order valence-corrected chi connectivity index (χ2v) is 5.88. The number of hydrogen-bond acceptors (Lipinski definition) is 2. The lowest BCUT2D eigenvalue weighted by molar-refractivity contribution is -0.131. The molecule has 1 aromatic carbocycles. The van der Waals surface area contributed by atoms with Gasteiger partial charge in [-0.25, -0.2) is 4.79 Å². The van der Waals surface area contributed by atoms with Crippen LogP contribution in [0, 0.1) is 5.92 Å². The lowest BCUT2D eigenvalue weighted by Crippen LogP contribution is -2.32. The van der Waals surface area contributed by atoms with Crippen molar-refractivity contribution in [1.82, 2.24) is 4.90 Å². The van der Waals surface area contributed by atoms with Crippen molar-refractivity contribution in [3.63, 3.8) is 0 Å². The topological polar surface area (TPSA) is 40.5 Å². The third-order valence-electron chi connectivity index (χ3n) is 3.67. The molecule has 1 saturated carbocycles. The highest BCUT2D eigenvalue weighted by atomic mass is 16.4. The summed E-state index contributed by atoms with van der Waals surface area (Å²) in [5.74, 6) is -0.0274. The fourth-order valence-electron chi connectivity index (χ4n) is 2.29. The summed E-state index contributed by atoms with van der Waals surface area (Å²) in [5.41, 5.74) is 2.19. The summed E-state index contributed by atoms with van der Waals surface area (Å²) in [5, 5.41) is 8.67.